The summed E-state index contributed by atoms with van der Waals surface area (Å²) in [6.07, 6.45) is -2.79. The highest BCUT2D eigenvalue weighted by atomic mass is 16.7. The van der Waals surface area contributed by atoms with Crippen molar-refractivity contribution in [2.45, 2.75) is 18.5 Å². The lowest BCUT2D eigenvalue weighted by molar-refractivity contribution is -0.195. The van der Waals surface area contributed by atoms with Gasteiger partial charge in [-0.3, -0.25) is 0 Å². The van der Waals surface area contributed by atoms with Crippen LogP contribution in [0, 0.1) is 0 Å². The van der Waals surface area contributed by atoms with E-state index in [4.69, 9.17) is 14.9 Å². The van der Waals surface area contributed by atoms with E-state index in [-0.39, 0.29) is 0 Å². The Kier molecular flexibility index (Phi) is 2.86. The summed E-state index contributed by atoms with van der Waals surface area (Å²) in [5.41, 5.74) is 0. The molecule has 0 fully saturated rings. The average Bonchev–Trinajstić information content (AvgIpc) is 2.09. The van der Waals surface area contributed by atoms with E-state index in [2.05, 4.69) is 4.74 Å². The molecule has 6 heteroatoms. The van der Waals surface area contributed by atoms with Gasteiger partial charge in [-0.25, -0.2) is 4.79 Å². The van der Waals surface area contributed by atoms with Crippen LogP contribution in [0.3, 0.4) is 0 Å². The number of hydrogen-bond donors (Lipinski definition) is 3. The number of rotatable bonds is 2. The second kappa shape index (κ2) is 3.73. The Morgan fingerprint density at radius 2 is 2.23 bits per heavy atom. The van der Waals surface area contributed by atoms with Gasteiger partial charge in [0.2, 0.25) is 12.0 Å². The van der Waals surface area contributed by atoms with Crippen LogP contribution in [0.4, 0.5) is 0 Å². The predicted molar refractivity (Wildman–Crippen MR) is 39.6 cm³/mol. The summed E-state index contributed by atoms with van der Waals surface area (Å²) in [6.45, 7) is 0. The van der Waals surface area contributed by atoms with Crippen molar-refractivity contribution in [2.75, 3.05) is 7.11 Å². The number of aliphatic hydroxyl groups is 2. The molecule has 0 aliphatic carbocycles. The minimum Gasteiger partial charge on any atom is -0.475 e. The van der Waals surface area contributed by atoms with Crippen molar-refractivity contribution in [3.05, 3.63) is 11.8 Å². The molecule has 1 aliphatic rings. The molecular weight excluding hydrogens is 180 g/mol. The van der Waals surface area contributed by atoms with Crippen molar-refractivity contribution in [3.8, 4) is 0 Å². The highest BCUT2D eigenvalue weighted by Gasteiger charge is 2.34. The lowest BCUT2D eigenvalue weighted by Crippen LogP contribution is -2.43. The SMILES string of the molecule is CO[C@@H]1OC(C(=O)O)=C[C@@H](O)C1O. The zero-order valence-corrected chi connectivity index (χ0v) is 6.88. The Balaban J connectivity index is 2.81. The Bertz CT molecular complexity index is 235. The first kappa shape index (κ1) is 9.97. The molecule has 0 bridgehead atoms. The topological polar surface area (TPSA) is 96.2 Å². The van der Waals surface area contributed by atoms with Gasteiger partial charge in [0.05, 0.1) is 0 Å². The fraction of sp³-hybridized carbons (Fsp3) is 0.571. The molecule has 1 rings (SSSR count). The average molecular weight is 190 g/mol. The van der Waals surface area contributed by atoms with Gasteiger partial charge in [0.1, 0.15) is 12.2 Å². The second-order valence-electron chi connectivity index (χ2n) is 2.54. The lowest BCUT2D eigenvalue weighted by Gasteiger charge is -2.29. The number of carbonyl (C=O) groups is 1. The van der Waals surface area contributed by atoms with Crippen LogP contribution in [0.2, 0.25) is 0 Å². The Morgan fingerprint density at radius 1 is 1.62 bits per heavy atom. The molecular formula is C7H10O6. The van der Waals surface area contributed by atoms with E-state index in [0.29, 0.717) is 0 Å². The first-order valence-corrected chi connectivity index (χ1v) is 3.57. The van der Waals surface area contributed by atoms with E-state index in [0.717, 1.165) is 6.08 Å². The fourth-order valence-corrected chi connectivity index (χ4v) is 0.958. The zero-order chi connectivity index (χ0) is 10.0. The predicted octanol–water partition coefficient (Wildman–Crippen LogP) is -1.32. The van der Waals surface area contributed by atoms with Crippen LogP contribution in [0.5, 0.6) is 0 Å². The van der Waals surface area contributed by atoms with Crippen LogP contribution in [0.15, 0.2) is 11.8 Å². The Labute approximate surface area is 74.0 Å². The van der Waals surface area contributed by atoms with Crippen molar-refractivity contribution in [2.24, 2.45) is 0 Å². The van der Waals surface area contributed by atoms with Gasteiger partial charge in [-0.1, -0.05) is 0 Å². The molecule has 0 radical (unpaired) electrons. The first-order valence-electron chi connectivity index (χ1n) is 3.57. The Hall–Kier alpha value is -1.11. The van der Waals surface area contributed by atoms with Crippen LogP contribution in [-0.2, 0) is 14.3 Å². The molecule has 0 saturated carbocycles. The molecule has 3 N–H and O–H groups in total. The summed E-state index contributed by atoms with van der Waals surface area (Å²) in [5.74, 6) is -1.74. The third kappa shape index (κ3) is 1.97. The molecule has 0 amide bonds. The minimum absolute atomic E-state index is 0.426. The maximum Gasteiger partial charge on any atom is 0.371 e. The maximum absolute atomic E-state index is 10.4. The molecule has 1 unspecified atom stereocenters. The number of ether oxygens (including phenoxy) is 2. The van der Waals surface area contributed by atoms with Gasteiger partial charge in [0.25, 0.3) is 0 Å². The standard InChI is InChI=1S/C7H10O6/c1-12-7-5(9)3(8)2-4(13-7)6(10)11/h2-3,5,7-9H,1H3,(H,10,11)/t3-,5?,7-/m1/s1. The quantitative estimate of drug-likeness (QED) is 0.499. The van der Waals surface area contributed by atoms with E-state index in [1.54, 1.807) is 0 Å². The van der Waals surface area contributed by atoms with Gasteiger partial charge in [-0.15, -0.1) is 0 Å². The molecule has 0 aromatic carbocycles. The summed E-state index contributed by atoms with van der Waals surface area (Å²) in [6, 6.07) is 0. The summed E-state index contributed by atoms with van der Waals surface area (Å²) >= 11 is 0. The van der Waals surface area contributed by atoms with Crippen LogP contribution < -0.4 is 0 Å². The molecule has 0 saturated heterocycles. The van der Waals surface area contributed by atoms with E-state index >= 15 is 0 Å². The van der Waals surface area contributed by atoms with Crippen LogP contribution in [-0.4, -0.2) is 46.9 Å². The minimum atomic E-state index is -1.31. The highest BCUT2D eigenvalue weighted by Crippen LogP contribution is 2.18. The molecule has 1 aliphatic heterocycles. The van der Waals surface area contributed by atoms with E-state index < -0.39 is 30.2 Å². The monoisotopic (exact) mass is 190 g/mol. The van der Waals surface area contributed by atoms with Crippen molar-refractivity contribution >= 4 is 5.97 Å². The number of methoxy groups -OCH3 is 1. The third-order valence-corrected chi connectivity index (χ3v) is 1.64. The summed E-state index contributed by atoms with van der Waals surface area (Å²) < 4.78 is 9.33. The van der Waals surface area contributed by atoms with Gasteiger partial charge < -0.3 is 24.8 Å². The molecule has 13 heavy (non-hydrogen) atoms. The number of hydrogen-bond acceptors (Lipinski definition) is 5. The van der Waals surface area contributed by atoms with Crippen molar-refractivity contribution in [1.82, 2.24) is 0 Å². The number of carboxylic acid groups (broad SMARTS) is 1. The van der Waals surface area contributed by atoms with Crippen LogP contribution in [0.25, 0.3) is 0 Å². The smallest absolute Gasteiger partial charge is 0.371 e. The van der Waals surface area contributed by atoms with Crippen molar-refractivity contribution < 1.29 is 29.6 Å². The fourth-order valence-electron chi connectivity index (χ4n) is 0.958. The van der Waals surface area contributed by atoms with Gasteiger partial charge in [-0.2, -0.15) is 0 Å². The molecule has 0 spiro atoms. The van der Waals surface area contributed by atoms with Gasteiger partial charge >= 0.3 is 5.97 Å². The molecule has 1 heterocycles. The van der Waals surface area contributed by atoms with Gasteiger partial charge in [0, 0.05) is 7.11 Å². The van der Waals surface area contributed by atoms with Gasteiger partial charge in [-0.05, 0) is 6.08 Å². The largest absolute Gasteiger partial charge is 0.475 e. The van der Waals surface area contributed by atoms with Crippen LogP contribution in [0.1, 0.15) is 0 Å². The summed E-state index contributed by atoms with van der Waals surface area (Å²) in [5, 5.41) is 26.9. The van der Waals surface area contributed by atoms with Gasteiger partial charge in [0.15, 0.2) is 0 Å². The molecule has 74 valence electrons. The summed E-state index contributed by atoms with van der Waals surface area (Å²) in [7, 11) is 1.24. The molecule has 6 nitrogen and oxygen atoms in total. The van der Waals surface area contributed by atoms with E-state index in [1.807, 2.05) is 0 Å². The highest BCUT2D eigenvalue weighted by molar-refractivity contribution is 5.84. The van der Waals surface area contributed by atoms with Crippen molar-refractivity contribution in [1.29, 1.82) is 0 Å². The van der Waals surface area contributed by atoms with E-state index in [9.17, 15) is 9.90 Å². The number of aliphatic hydroxyl groups excluding tert-OH is 2. The normalized spacial score (nSPS) is 33.5. The second-order valence-corrected chi connectivity index (χ2v) is 2.54. The molecule has 0 aromatic rings. The lowest BCUT2D eigenvalue weighted by atomic mass is 10.1. The molecule has 3 atom stereocenters. The maximum atomic E-state index is 10.4. The third-order valence-electron chi connectivity index (χ3n) is 1.64. The summed E-state index contributed by atoms with van der Waals surface area (Å²) in [4.78, 5) is 10.4. The number of aliphatic carboxylic acids is 1. The number of carboxylic acids is 1. The van der Waals surface area contributed by atoms with Crippen LogP contribution >= 0.6 is 0 Å². The first-order chi connectivity index (χ1) is 6.06. The van der Waals surface area contributed by atoms with Crippen molar-refractivity contribution in [3.63, 3.8) is 0 Å². The Morgan fingerprint density at radius 3 is 2.69 bits per heavy atom. The molecule has 0 aromatic heterocycles. The zero-order valence-electron chi connectivity index (χ0n) is 6.88. The van der Waals surface area contributed by atoms with E-state index in [1.165, 1.54) is 7.11 Å².